The number of benzene rings is 1. The minimum absolute atomic E-state index is 0.0972. The van der Waals surface area contributed by atoms with Gasteiger partial charge in [0.25, 0.3) is 0 Å². The molecule has 0 fully saturated rings. The summed E-state index contributed by atoms with van der Waals surface area (Å²) >= 11 is 5.71. The number of aliphatic hydroxyl groups is 1. The van der Waals surface area contributed by atoms with E-state index >= 15 is 0 Å². The molecule has 0 unspecified atom stereocenters. The molecule has 1 aromatic carbocycles. The minimum atomic E-state index is -1.93. The molecule has 1 atom stereocenters. The molecule has 0 spiro atoms. The van der Waals surface area contributed by atoms with E-state index in [1.165, 1.54) is 0 Å². The molecule has 3 nitrogen and oxygen atoms in total. The molecule has 3 N–H and O–H groups in total. The zero-order chi connectivity index (χ0) is 13.1. The van der Waals surface area contributed by atoms with Crippen LogP contribution in [0.25, 0.3) is 0 Å². The molecule has 0 aliphatic heterocycles. The van der Waals surface area contributed by atoms with Gasteiger partial charge >= 0.3 is 0 Å². The van der Waals surface area contributed by atoms with Gasteiger partial charge < -0.3 is 15.6 Å². The SMILES string of the molecule is C[Si](C)(C)[C@@](O)(CN)Oc1ccc(CCl)cc1. The minimum Gasteiger partial charge on any atom is -0.465 e. The summed E-state index contributed by atoms with van der Waals surface area (Å²) in [6, 6.07) is 7.37. The summed E-state index contributed by atoms with van der Waals surface area (Å²) in [6.07, 6.45) is 0. The van der Waals surface area contributed by atoms with E-state index < -0.39 is 13.5 Å². The lowest BCUT2D eigenvalue weighted by atomic mass is 10.2. The lowest BCUT2D eigenvalue weighted by molar-refractivity contribution is -0.0637. The number of rotatable bonds is 5. The average molecular weight is 274 g/mol. The van der Waals surface area contributed by atoms with Crippen molar-refractivity contribution in [2.24, 2.45) is 5.73 Å². The van der Waals surface area contributed by atoms with E-state index in [1.807, 2.05) is 31.8 Å². The molecular weight excluding hydrogens is 254 g/mol. The highest BCUT2D eigenvalue weighted by atomic mass is 35.5. The van der Waals surface area contributed by atoms with Crippen molar-refractivity contribution in [3.05, 3.63) is 29.8 Å². The van der Waals surface area contributed by atoms with Crippen molar-refractivity contribution >= 4 is 19.7 Å². The second-order valence-corrected chi connectivity index (χ2v) is 10.7. The lowest BCUT2D eigenvalue weighted by Crippen LogP contribution is -2.61. The van der Waals surface area contributed by atoms with Crippen molar-refractivity contribution < 1.29 is 9.84 Å². The molecule has 5 heteroatoms. The van der Waals surface area contributed by atoms with Crippen LogP contribution in [0.5, 0.6) is 5.75 Å². The Morgan fingerprint density at radius 1 is 1.29 bits per heavy atom. The fourth-order valence-electron chi connectivity index (χ4n) is 1.34. The third-order valence-electron chi connectivity index (χ3n) is 2.81. The molecule has 0 amide bonds. The Bertz CT molecular complexity index is 364. The Balaban J connectivity index is 2.87. The van der Waals surface area contributed by atoms with Crippen LogP contribution in [0.1, 0.15) is 5.56 Å². The molecule has 96 valence electrons. The zero-order valence-corrected chi connectivity index (χ0v) is 12.3. The predicted octanol–water partition coefficient (Wildman–Crippen LogP) is 2.33. The molecule has 1 aromatic rings. The second kappa shape index (κ2) is 5.39. The Kier molecular flexibility index (Phi) is 4.60. The fraction of sp³-hybridized carbons (Fsp3) is 0.500. The Morgan fingerprint density at radius 3 is 2.18 bits per heavy atom. The molecule has 1 rings (SSSR count). The van der Waals surface area contributed by atoms with Crippen molar-refractivity contribution in [1.29, 1.82) is 0 Å². The van der Waals surface area contributed by atoms with Crippen LogP contribution in [0.2, 0.25) is 19.6 Å². The van der Waals surface area contributed by atoms with Gasteiger partial charge in [0.1, 0.15) is 13.8 Å². The third kappa shape index (κ3) is 3.45. The van der Waals surface area contributed by atoms with Gasteiger partial charge in [-0.1, -0.05) is 31.8 Å². The van der Waals surface area contributed by atoms with Gasteiger partial charge in [0.2, 0.25) is 0 Å². The number of halogens is 1. The first-order valence-corrected chi connectivity index (χ1v) is 9.62. The number of ether oxygens (including phenoxy) is 1. The topological polar surface area (TPSA) is 55.5 Å². The van der Waals surface area contributed by atoms with Gasteiger partial charge in [0.05, 0.1) is 6.54 Å². The fourth-order valence-corrected chi connectivity index (χ4v) is 2.56. The van der Waals surface area contributed by atoms with E-state index in [2.05, 4.69) is 0 Å². The first kappa shape index (κ1) is 14.5. The van der Waals surface area contributed by atoms with Gasteiger partial charge in [0, 0.05) is 5.88 Å². The monoisotopic (exact) mass is 273 g/mol. The van der Waals surface area contributed by atoms with Crippen LogP contribution in [-0.4, -0.2) is 25.1 Å². The molecule has 0 aliphatic rings. The van der Waals surface area contributed by atoms with Crippen LogP contribution in [0, 0.1) is 0 Å². The van der Waals surface area contributed by atoms with E-state index in [4.69, 9.17) is 22.1 Å². The molecular formula is C12H20ClNO2Si. The van der Waals surface area contributed by atoms with Crippen LogP contribution in [0.4, 0.5) is 0 Å². The normalized spacial score (nSPS) is 15.4. The molecule has 17 heavy (non-hydrogen) atoms. The van der Waals surface area contributed by atoms with Gasteiger partial charge in [-0.25, -0.2) is 0 Å². The number of nitrogens with two attached hydrogens (primary N) is 1. The van der Waals surface area contributed by atoms with Crippen LogP contribution in [-0.2, 0) is 5.88 Å². The first-order valence-electron chi connectivity index (χ1n) is 5.59. The first-order chi connectivity index (χ1) is 7.82. The third-order valence-corrected chi connectivity index (χ3v) is 5.77. The van der Waals surface area contributed by atoms with E-state index in [9.17, 15) is 5.11 Å². The second-order valence-electron chi connectivity index (χ2n) is 5.12. The van der Waals surface area contributed by atoms with E-state index in [-0.39, 0.29) is 6.54 Å². The number of hydrogen-bond donors (Lipinski definition) is 2. The van der Waals surface area contributed by atoms with Crippen LogP contribution in [0.3, 0.4) is 0 Å². The quantitative estimate of drug-likeness (QED) is 0.492. The summed E-state index contributed by atoms with van der Waals surface area (Å²) in [7, 11) is -1.93. The molecule has 0 radical (unpaired) electrons. The molecule has 0 saturated carbocycles. The van der Waals surface area contributed by atoms with E-state index in [0.717, 1.165) is 5.56 Å². The highest BCUT2D eigenvalue weighted by Crippen LogP contribution is 2.25. The molecule has 0 saturated heterocycles. The molecule has 0 heterocycles. The maximum absolute atomic E-state index is 10.4. The summed E-state index contributed by atoms with van der Waals surface area (Å²) in [4.78, 5) is 0. The van der Waals surface area contributed by atoms with Crippen LogP contribution < -0.4 is 10.5 Å². The maximum atomic E-state index is 10.4. The van der Waals surface area contributed by atoms with Crippen LogP contribution >= 0.6 is 11.6 Å². The summed E-state index contributed by atoms with van der Waals surface area (Å²) < 4.78 is 5.66. The van der Waals surface area contributed by atoms with Crippen molar-refractivity contribution in [2.45, 2.75) is 30.9 Å². The average Bonchev–Trinajstić information content (AvgIpc) is 2.28. The maximum Gasteiger partial charge on any atom is 0.199 e. The highest BCUT2D eigenvalue weighted by molar-refractivity contribution is 6.78. The summed E-state index contributed by atoms with van der Waals surface area (Å²) in [5.41, 5.74) is 5.41. The van der Waals surface area contributed by atoms with Crippen LogP contribution in [0.15, 0.2) is 24.3 Å². The summed E-state index contributed by atoms with van der Waals surface area (Å²) in [5, 5.41) is 10.4. The van der Waals surface area contributed by atoms with Gasteiger partial charge in [0.15, 0.2) is 5.41 Å². The number of alkyl halides is 1. The van der Waals surface area contributed by atoms with Gasteiger partial charge in [-0.05, 0) is 17.7 Å². The van der Waals surface area contributed by atoms with Gasteiger partial charge in [-0.15, -0.1) is 11.6 Å². The summed E-state index contributed by atoms with van der Waals surface area (Å²) in [5.74, 6) is 1.09. The molecule has 0 aliphatic carbocycles. The van der Waals surface area contributed by atoms with E-state index in [0.29, 0.717) is 11.6 Å². The highest BCUT2D eigenvalue weighted by Gasteiger charge is 2.43. The van der Waals surface area contributed by atoms with Gasteiger partial charge in [-0.3, -0.25) is 0 Å². The molecule has 0 bridgehead atoms. The predicted molar refractivity (Wildman–Crippen MR) is 74.0 cm³/mol. The Labute approximate surface area is 109 Å². The van der Waals surface area contributed by atoms with E-state index in [1.54, 1.807) is 12.1 Å². The standard InChI is InChI=1S/C12H20ClNO2Si/c1-17(2,3)12(15,9-14)16-11-6-4-10(8-13)5-7-11/h4-7,15H,8-9,14H2,1-3H3/t12-/m1/s1. The Hall–Kier alpha value is -0.553. The number of hydrogen-bond acceptors (Lipinski definition) is 3. The zero-order valence-electron chi connectivity index (χ0n) is 10.5. The van der Waals surface area contributed by atoms with Crippen molar-refractivity contribution in [3.63, 3.8) is 0 Å². The lowest BCUT2D eigenvalue weighted by Gasteiger charge is -2.37. The smallest absolute Gasteiger partial charge is 0.199 e. The Morgan fingerprint density at radius 2 is 1.82 bits per heavy atom. The van der Waals surface area contributed by atoms with Crippen molar-refractivity contribution in [1.82, 2.24) is 0 Å². The summed E-state index contributed by atoms with van der Waals surface area (Å²) in [6.45, 7) is 6.16. The van der Waals surface area contributed by atoms with Crippen molar-refractivity contribution in [2.75, 3.05) is 6.54 Å². The van der Waals surface area contributed by atoms with Gasteiger partial charge in [-0.2, -0.15) is 0 Å². The molecule has 0 aromatic heterocycles. The largest absolute Gasteiger partial charge is 0.465 e. The van der Waals surface area contributed by atoms with Crippen molar-refractivity contribution in [3.8, 4) is 5.75 Å².